The molecular weight excluding hydrogens is 344 g/mol. The quantitative estimate of drug-likeness (QED) is 0.629. The molecule has 8 heteroatoms. The van der Waals surface area contributed by atoms with Crippen LogP contribution in [-0.2, 0) is 17.8 Å². The molecule has 1 unspecified atom stereocenters. The number of carbonyl (C=O) groups excluding carboxylic acids is 2. The minimum atomic E-state index is -0.461. The number of nitrogens with one attached hydrogen (secondary N) is 1. The van der Waals surface area contributed by atoms with Crippen molar-refractivity contribution in [1.82, 2.24) is 5.32 Å². The maximum absolute atomic E-state index is 11.7. The zero-order chi connectivity index (χ0) is 17.8. The highest BCUT2D eigenvalue weighted by Crippen LogP contribution is 2.28. The number of non-ortho nitro benzene ring substituents is 1. The number of imide groups is 1. The summed E-state index contributed by atoms with van der Waals surface area (Å²) in [6.07, 6.45) is 0.388. The molecule has 1 N–H and O–H groups in total. The molecule has 0 radical (unpaired) electrons. The smallest absolute Gasteiger partial charge is 0.286 e. The Morgan fingerprint density at radius 2 is 1.84 bits per heavy atom. The average Bonchev–Trinajstić information content (AvgIpc) is 2.91. The van der Waals surface area contributed by atoms with E-state index >= 15 is 0 Å². The second kappa shape index (κ2) is 7.35. The van der Waals surface area contributed by atoms with E-state index in [4.69, 9.17) is 4.74 Å². The van der Waals surface area contributed by atoms with Crippen LogP contribution in [-0.4, -0.2) is 21.3 Å². The zero-order valence-electron chi connectivity index (χ0n) is 13.0. The zero-order valence-corrected chi connectivity index (χ0v) is 13.8. The van der Waals surface area contributed by atoms with Crippen LogP contribution >= 0.6 is 11.8 Å². The van der Waals surface area contributed by atoms with Crippen LogP contribution in [0, 0.1) is 10.1 Å². The third kappa shape index (κ3) is 4.16. The van der Waals surface area contributed by atoms with E-state index in [-0.39, 0.29) is 23.4 Å². The summed E-state index contributed by atoms with van der Waals surface area (Å²) < 4.78 is 5.80. The van der Waals surface area contributed by atoms with Gasteiger partial charge < -0.3 is 4.74 Å². The number of carbonyl (C=O) groups is 2. The highest BCUT2D eigenvalue weighted by Gasteiger charge is 2.32. The van der Waals surface area contributed by atoms with E-state index in [0.717, 1.165) is 22.9 Å². The van der Waals surface area contributed by atoms with Crippen LogP contribution in [0.3, 0.4) is 0 Å². The van der Waals surface area contributed by atoms with E-state index in [1.165, 1.54) is 12.1 Å². The van der Waals surface area contributed by atoms with Crippen LogP contribution in [0.5, 0.6) is 5.75 Å². The summed E-state index contributed by atoms with van der Waals surface area (Å²) in [5, 5.41) is 12.1. The van der Waals surface area contributed by atoms with Gasteiger partial charge in [-0.15, -0.1) is 0 Å². The van der Waals surface area contributed by atoms with Crippen molar-refractivity contribution in [2.75, 3.05) is 0 Å². The summed E-state index contributed by atoms with van der Waals surface area (Å²) in [6.45, 7) is 0.248. The monoisotopic (exact) mass is 358 g/mol. The molecule has 2 aromatic rings. The number of hydrogen-bond donors (Lipinski definition) is 1. The van der Waals surface area contributed by atoms with Crippen molar-refractivity contribution in [3.8, 4) is 5.75 Å². The number of hydrogen-bond acceptors (Lipinski definition) is 6. The first-order valence-corrected chi connectivity index (χ1v) is 8.36. The molecule has 3 rings (SSSR count). The van der Waals surface area contributed by atoms with Crippen LogP contribution in [0.4, 0.5) is 10.5 Å². The highest BCUT2D eigenvalue weighted by atomic mass is 32.2. The Labute approximate surface area is 147 Å². The van der Waals surface area contributed by atoms with Crippen LogP contribution in [0.2, 0.25) is 0 Å². The molecule has 1 atom stereocenters. The van der Waals surface area contributed by atoms with Gasteiger partial charge in [-0.25, -0.2) is 0 Å². The second-order valence-electron chi connectivity index (χ2n) is 5.41. The first kappa shape index (κ1) is 17.0. The van der Waals surface area contributed by atoms with Crippen molar-refractivity contribution in [3.63, 3.8) is 0 Å². The van der Waals surface area contributed by atoms with E-state index in [1.807, 2.05) is 18.2 Å². The topological polar surface area (TPSA) is 98.5 Å². The molecular formula is C17H14N2O5S. The summed E-state index contributed by atoms with van der Waals surface area (Å²) in [5.74, 6) is 0.328. The van der Waals surface area contributed by atoms with Gasteiger partial charge in [0.1, 0.15) is 12.4 Å². The molecule has 1 aliphatic rings. The number of para-hydroxylation sites is 1. The molecule has 2 amide bonds. The third-order valence-corrected chi connectivity index (χ3v) is 4.67. The Morgan fingerprint density at radius 1 is 1.12 bits per heavy atom. The molecule has 0 bridgehead atoms. The molecule has 0 spiro atoms. The van der Waals surface area contributed by atoms with Crippen LogP contribution in [0.15, 0.2) is 48.5 Å². The predicted molar refractivity (Wildman–Crippen MR) is 92.5 cm³/mol. The van der Waals surface area contributed by atoms with Crippen molar-refractivity contribution in [3.05, 3.63) is 69.8 Å². The van der Waals surface area contributed by atoms with Crippen molar-refractivity contribution in [2.24, 2.45) is 0 Å². The molecule has 2 aromatic carbocycles. The number of nitro benzene ring substituents is 1. The Kier molecular flexibility index (Phi) is 4.99. The van der Waals surface area contributed by atoms with Crippen molar-refractivity contribution in [1.29, 1.82) is 0 Å². The molecule has 1 saturated heterocycles. The number of thioether (sulfide) groups is 1. The number of amides is 2. The lowest BCUT2D eigenvalue weighted by molar-refractivity contribution is -0.384. The third-order valence-electron chi connectivity index (χ3n) is 3.69. The summed E-state index contributed by atoms with van der Waals surface area (Å²) in [4.78, 5) is 33.2. The summed E-state index contributed by atoms with van der Waals surface area (Å²) in [5.41, 5.74) is 1.65. The first-order chi connectivity index (χ1) is 12.0. The van der Waals surface area contributed by atoms with Gasteiger partial charge in [-0.3, -0.25) is 25.0 Å². The van der Waals surface area contributed by atoms with E-state index in [1.54, 1.807) is 18.2 Å². The first-order valence-electron chi connectivity index (χ1n) is 7.48. The normalized spacial score (nSPS) is 16.6. The van der Waals surface area contributed by atoms with E-state index in [9.17, 15) is 19.7 Å². The maximum Gasteiger partial charge on any atom is 0.286 e. The molecule has 7 nitrogen and oxygen atoms in total. The Bertz CT molecular complexity index is 822. The SMILES string of the molecule is O=C1NC(=O)C(Cc2ccccc2OCc2ccc([N+](=O)[O-])cc2)S1. The van der Waals surface area contributed by atoms with Gasteiger partial charge in [-0.1, -0.05) is 30.0 Å². The fourth-order valence-corrected chi connectivity index (χ4v) is 3.26. The van der Waals surface area contributed by atoms with Crippen LogP contribution in [0.1, 0.15) is 11.1 Å². The Balaban J connectivity index is 1.67. The van der Waals surface area contributed by atoms with E-state index < -0.39 is 10.2 Å². The van der Waals surface area contributed by atoms with Gasteiger partial charge >= 0.3 is 0 Å². The molecule has 1 aliphatic heterocycles. The Hall–Kier alpha value is -2.87. The number of nitro groups is 1. The Morgan fingerprint density at radius 3 is 2.48 bits per heavy atom. The van der Waals surface area contributed by atoms with Crippen LogP contribution in [0.25, 0.3) is 0 Å². The van der Waals surface area contributed by atoms with Gasteiger partial charge in [0.15, 0.2) is 0 Å². The lowest BCUT2D eigenvalue weighted by atomic mass is 10.1. The van der Waals surface area contributed by atoms with Crippen molar-refractivity contribution >= 4 is 28.6 Å². The molecule has 0 aromatic heterocycles. The lowest BCUT2D eigenvalue weighted by Crippen LogP contribution is -2.25. The average molecular weight is 358 g/mol. The molecule has 0 aliphatic carbocycles. The standard InChI is InChI=1S/C17H14N2O5S/c20-16-15(25-17(21)18-16)9-12-3-1-2-4-14(12)24-10-11-5-7-13(8-6-11)19(22)23/h1-8,15H,9-10H2,(H,18,20,21). The summed E-state index contributed by atoms with van der Waals surface area (Å²) in [7, 11) is 0. The fourth-order valence-electron chi connectivity index (χ4n) is 2.42. The van der Waals surface area contributed by atoms with Crippen molar-refractivity contribution < 1.29 is 19.2 Å². The highest BCUT2D eigenvalue weighted by molar-refractivity contribution is 8.15. The van der Waals surface area contributed by atoms with Gasteiger partial charge in [0.25, 0.3) is 10.9 Å². The molecule has 0 saturated carbocycles. The fraction of sp³-hybridized carbons (Fsp3) is 0.176. The number of benzene rings is 2. The molecule has 25 heavy (non-hydrogen) atoms. The maximum atomic E-state index is 11.7. The van der Waals surface area contributed by atoms with Gasteiger partial charge in [-0.05, 0) is 35.7 Å². The van der Waals surface area contributed by atoms with E-state index in [2.05, 4.69) is 5.32 Å². The minimum Gasteiger partial charge on any atom is -0.489 e. The largest absolute Gasteiger partial charge is 0.489 e. The number of ether oxygens (including phenoxy) is 1. The van der Waals surface area contributed by atoms with Gasteiger partial charge in [0.2, 0.25) is 5.91 Å². The molecule has 1 heterocycles. The van der Waals surface area contributed by atoms with Gasteiger partial charge in [0.05, 0.1) is 10.2 Å². The molecule has 1 fully saturated rings. The van der Waals surface area contributed by atoms with Crippen molar-refractivity contribution in [2.45, 2.75) is 18.3 Å². The summed E-state index contributed by atoms with van der Waals surface area (Å²) >= 11 is 0.977. The van der Waals surface area contributed by atoms with Gasteiger partial charge in [-0.2, -0.15) is 0 Å². The lowest BCUT2D eigenvalue weighted by Gasteiger charge is -2.13. The predicted octanol–water partition coefficient (Wildman–Crippen LogP) is 3.07. The second-order valence-corrected chi connectivity index (χ2v) is 6.58. The number of nitrogens with zero attached hydrogens (tertiary/aromatic N) is 1. The molecule has 128 valence electrons. The number of rotatable bonds is 6. The summed E-state index contributed by atoms with van der Waals surface area (Å²) in [6, 6.07) is 13.4. The van der Waals surface area contributed by atoms with Gasteiger partial charge in [0, 0.05) is 12.1 Å². The van der Waals surface area contributed by atoms with Crippen LogP contribution < -0.4 is 10.1 Å². The van der Waals surface area contributed by atoms with E-state index in [0.29, 0.717) is 12.2 Å². The minimum absolute atomic E-state index is 0.0260.